The molecule has 0 aliphatic carbocycles. The zero-order valence-corrected chi connectivity index (χ0v) is 25.2. The summed E-state index contributed by atoms with van der Waals surface area (Å²) in [6.45, 7) is 12.8. The Morgan fingerprint density at radius 3 is 2.62 bits per heavy atom. The van der Waals surface area contributed by atoms with Crippen molar-refractivity contribution >= 4 is 57.3 Å². The van der Waals surface area contributed by atoms with Crippen LogP contribution in [-0.2, 0) is 16.8 Å². The fourth-order valence-corrected chi connectivity index (χ4v) is 5.72. The normalized spacial score (nSPS) is 12.3. The molecule has 2 aromatic heterocycles. The van der Waals surface area contributed by atoms with Crippen molar-refractivity contribution in [1.29, 1.82) is 0 Å². The highest BCUT2D eigenvalue weighted by molar-refractivity contribution is 7.99. The van der Waals surface area contributed by atoms with Crippen molar-refractivity contribution in [1.82, 2.24) is 19.7 Å². The maximum atomic E-state index is 12.7. The third-order valence-electron chi connectivity index (χ3n) is 5.74. The van der Waals surface area contributed by atoms with Crippen LogP contribution in [0.3, 0.4) is 0 Å². The predicted molar refractivity (Wildman–Crippen MR) is 161 cm³/mol. The van der Waals surface area contributed by atoms with Gasteiger partial charge in [0.1, 0.15) is 5.75 Å². The number of nitrogens with zero attached hydrogens (tertiary/aromatic N) is 4. The molecule has 204 valence electrons. The van der Waals surface area contributed by atoms with Crippen LogP contribution in [0, 0.1) is 0 Å². The summed E-state index contributed by atoms with van der Waals surface area (Å²) in [4.78, 5) is 17.2. The van der Waals surface area contributed by atoms with Crippen molar-refractivity contribution in [3.63, 3.8) is 0 Å². The summed E-state index contributed by atoms with van der Waals surface area (Å²) in [6.07, 6.45) is 1.41. The van der Waals surface area contributed by atoms with E-state index in [1.54, 1.807) is 24.3 Å². The van der Waals surface area contributed by atoms with Gasteiger partial charge in [-0.15, -0.1) is 28.1 Å². The van der Waals surface area contributed by atoms with E-state index < -0.39 is 0 Å². The number of hydrogen-bond donors (Lipinski definition) is 1. The molecule has 2 aromatic carbocycles. The molecule has 1 amide bonds. The number of allylic oxidation sites excluding steroid dienone is 1. The topological polar surface area (TPSA) is 81.9 Å². The van der Waals surface area contributed by atoms with Crippen molar-refractivity contribution < 1.29 is 9.53 Å². The Morgan fingerprint density at radius 1 is 1.21 bits per heavy atom. The van der Waals surface area contributed by atoms with Gasteiger partial charge >= 0.3 is 0 Å². The Balaban J connectivity index is 1.38. The quantitative estimate of drug-likeness (QED) is 0.146. The summed E-state index contributed by atoms with van der Waals surface area (Å²) in [5, 5.41) is 15.5. The lowest BCUT2D eigenvalue weighted by atomic mass is 9.87. The van der Waals surface area contributed by atoms with E-state index in [-0.39, 0.29) is 23.2 Å². The smallest absolute Gasteiger partial charge is 0.236 e. The molecular formula is C28H29Cl2N5O2S2. The second kappa shape index (κ2) is 12.6. The maximum absolute atomic E-state index is 12.7. The molecule has 7 nitrogen and oxygen atoms in total. The van der Waals surface area contributed by atoms with Crippen LogP contribution in [0.5, 0.6) is 5.75 Å². The zero-order chi connectivity index (χ0) is 28.2. The van der Waals surface area contributed by atoms with Crippen molar-refractivity contribution in [2.45, 2.75) is 50.9 Å². The second-order valence-electron chi connectivity index (χ2n) is 9.77. The number of halogens is 2. The van der Waals surface area contributed by atoms with Gasteiger partial charge in [-0.05, 0) is 48.2 Å². The summed E-state index contributed by atoms with van der Waals surface area (Å²) >= 11 is 14.9. The molecule has 0 radical (unpaired) electrons. The van der Waals surface area contributed by atoms with Crippen LogP contribution in [0.15, 0.2) is 65.7 Å². The SMILES string of the molecule is C=CCn1c(SCC(=O)Nc2nc(-c3ccc(Cl)cc3Cl)cs2)nnc1C(C)Oc1ccc(C(C)(C)C)cc1. The number of thiazole rings is 1. The van der Waals surface area contributed by atoms with Gasteiger partial charge in [0.2, 0.25) is 5.91 Å². The lowest BCUT2D eigenvalue weighted by Crippen LogP contribution is -2.15. The van der Waals surface area contributed by atoms with Gasteiger partial charge in [-0.3, -0.25) is 9.36 Å². The summed E-state index contributed by atoms with van der Waals surface area (Å²) in [6, 6.07) is 13.3. The van der Waals surface area contributed by atoms with Crippen LogP contribution < -0.4 is 10.1 Å². The molecule has 39 heavy (non-hydrogen) atoms. The Hall–Kier alpha value is -2.85. The van der Waals surface area contributed by atoms with E-state index in [4.69, 9.17) is 27.9 Å². The molecule has 0 saturated heterocycles. The highest BCUT2D eigenvalue weighted by Gasteiger charge is 2.21. The lowest BCUT2D eigenvalue weighted by Gasteiger charge is -2.20. The molecule has 4 aromatic rings. The first kappa shape index (κ1) is 29.1. The first-order chi connectivity index (χ1) is 18.5. The van der Waals surface area contributed by atoms with E-state index in [0.29, 0.717) is 38.4 Å². The van der Waals surface area contributed by atoms with Crippen molar-refractivity contribution in [2.24, 2.45) is 0 Å². The molecule has 0 aliphatic rings. The molecular weight excluding hydrogens is 573 g/mol. The average molecular weight is 603 g/mol. The molecule has 0 aliphatic heterocycles. The molecule has 1 atom stereocenters. The Bertz CT molecular complexity index is 1460. The van der Waals surface area contributed by atoms with Crippen molar-refractivity contribution in [3.8, 4) is 17.0 Å². The number of benzene rings is 2. The minimum atomic E-state index is -0.352. The van der Waals surface area contributed by atoms with E-state index in [2.05, 4.69) is 60.0 Å². The molecule has 11 heteroatoms. The molecule has 0 bridgehead atoms. The Kier molecular flexibility index (Phi) is 9.38. The van der Waals surface area contributed by atoms with Crippen LogP contribution >= 0.6 is 46.3 Å². The van der Waals surface area contributed by atoms with Crippen LogP contribution in [0.2, 0.25) is 10.0 Å². The number of aromatic nitrogens is 4. The van der Waals surface area contributed by atoms with Gasteiger partial charge in [0, 0.05) is 22.5 Å². The van der Waals surface area contributed by atoms with Crippen molar-refractivity contribution in [3.05, 3.63) is 81.9 Å². The van der Waals surface area contributed by atoms with Crippen LogP contribution in [-0.4, -0.2) is 31.4 Å². The minimum Gasteiger partial charge on any atom is -0.483 e. The third-order valence-corrected chi connectivity index (χ3v) is 8.02. The highest BCUT2D eigenvalue weighted by atomic mass is 35.5. The maximum Gasteiger partial charge on any atom is 0.236 e. The van der Waals surface area contributed by atoms with Crippen LogP contribution in [0.1, 0.15) is 45.2 Å². The number of anilines is 1. The van der Waals surface area contributed by atoms with E-state index in [1.165, 1.54) is 28.7 Å². The first-order valence-electron chi connectivity index (χ1n) is 12.2. The predicted octanol–water partition coefficient (Wildman–Crippen LogP) is 8.06. The van der Waals surface area contributed by atoms with Gasteiger partial charge in [0.15, 0.2) is 22.2 Å². The van der Waals surface area contributed by atoms with Crippen LogP contribution in [0.25, 0.3) is 11.3 Å². The zero-order valence-electron chi connectivity index (χ0n) is 22.1. The highest BCUT2D eigenvalue weighted by Crippen LogP contribution is 2.33. The summed E-state index contributed by atoms with van der Waals surface area (Å²) in [7, 11) is 0. The Labute approximate surface area is 246 Å². The number of hydrogen-bond acceptors (Lipinski definition) is 7. The number of ether oxygens (including phenoxy) is 1. The summed E-state index contributed by atoms with van der Waals surface area (Å²) < 4.78 is 8.06. The van der Waals surface area contributed by atoms with E-state index in [0.717, 1.165) is 11.3 Å². The Morgan fingerprint density at radius 2 is 1.95 bits per heavy atom. The number of amides is 1. The first-order valence-corrected chi connectivity index (χ1v) is 14.8. The van der Waals surface area contributed by atoms with Gasteiger partial charge in [-0.1, -0.05) is 73.9 Å². The monoisotopic (exact) mass is 601 g/mol. The van der Waals surface area contributed by atoms with Crippen LogP contribution in [0.4, 0.5) is 5.13 Å². The lowest BCUT2D eigenvalue weighted by molar-refractivity contribution is -0.113. The van der Waals surface area contributed by atoms with E-state index in [1.807, 2.05) is 29.0 Å². The molecule has 0 saturated carbocycles. The number of carbonyl (C=O) groups excluding carboxylic acids is 1. The largest absolute Gasteiger partial charge is 0.483 e. The van der Waals surface area contributed by atoms with Gasteiger partial charge in [-0.2, -0.15) is 0 Å². The summed E-state index contributed by atoms with van der Waals surface area (Å²) in [5.74, 6) is 1.33. The minimum absolute atomic E-state index is 0.0684. The molecule has 0 spiro atoms. The number of nitrogens with one attached hydrogen (secondary N) is 1. The van der Waals surface area contributed by atoms with E-state index in [9.17, 15) is 4.79 Å². The number of thioether (sulfide) groups is 1. The molecule has 1 N–H and O–H groups in total. The molecule has 0 fully saturated rings. The van der Waals surface area contributed by atoms with Gasteiger partial charge in [-0.25, -0.2) is 4.98 Å². The van der Waals surface area contributed by atoms with Gasteiger partial charge in [0.05, 0.1) is 16.5 Å². The second-order valence-corrected chi connectivity index (χ2v) is 12.4. The van der Waals surface area contributed by atoms with E-state index >= 15 is 0 Å². The molecule has 1 unspecified atom stereocenters. The third kappa shape index (κ3) is 7.42. The number of carbonyl (C=O) groups is 1. The number of rotatable bonds is 10. The fourth-order valence-electron chi connectivity index (χ4n) is 3.74. The molecule has 2 heterocycles. The average Bonchev–Trinajstić information content (AvgIpc) is 3.50. The van der Waals surface area contributed by atoms with Crippen molar-refractivity contribution in [2.75, 3.05) is 11.1 Å². The standard InChI is InChI=1S/C28H29Cl2N5O2S2/c1-6-13-35-25(17(2)37-20-10-7-18(8-11-20)28(3,4)5)33-34-27(35)39-16-24(36)32-26-31-23(15-38-26)21-12-9-19(29)14-22(21)30/h6-12,14-15,17H,1,13,16H2,2-5H3,(H,31,32,36). The van der Waals surface area contributed by atoms with Gasteiger partial charge < -0.3 is 10.1 Å². The fraction of sp³-hybridized carbons (Fsp3) is 0.286. The molecule has 4 rings (SSSR count). The van der Waals surface area contributed by atoms with Gasteiger partial charge in [0.25, 0.3) is 0 Å². The summed E-state index contributed by atoms with van der Waals surface area (Å²) in [5.41, 5.74) is 2.72.